The molecule has 0 unspecified atom stereocenters. The molecular weight excluding hydrogens is 376 g/mol. The van der Waals surface area contributed by atoms with Gasteiger partial charge in [0.15, 0.2) is 0 Å². The van der Waals surface area contributed by atoms with Crippen molar-refractivity contribution in [2.45, 2.75) is 32.4 Å². The summed E-state index contributed by atoms with van der Waals surface area (Å²) in [5, 5.41) is 5.57. The van der Waals surface area contributed by atoms with Gasteiger partial charge in [0, 0.05) is 44.7 Å². The third-order valence-corrected chi connectivity index (χ3v) is 5.80. The minimum absolute atomic E-state index is 0.151. The van der Waals surface area contributed by atoms with E-state index in [0.29, 0.717) is 13.1 Å². The minimum atomic E-state index is -0.589. The molecule has 0 bridgehead atoms. The Morgan fingerprint density at radius 2 is 1.53 bits per heavy atom. The molecule has 2 amide bonds. The first-order valence-electron chi connectivity index (χ1n) is 10.7. The SMILES string of the molecule is Cc1ccc(CNC(=O)C(=O)NC[C@H](c2ccc(N(C)C)cc2)[NH+]2CCCC2)cc1. The van der Waals surface area contributed by atoms with Gasteiger partial charge >= 0.3 is 11.8 Å². The summed E-state index contributed by atoms with van der Waals surface area (Å²) in [5.74, 6) is -1.16. The predicted molar refractivity (Wildman–Crippen MR) is 119 cm³/mol. The van der Waals surface area contributed by atoms with E-state index in [1.165, 1.54) is 23.3 Å². The topological polar surface area (TPSA) is 65.9 Å². The molecule has 1 heterocycles. The Morgan fingerprint density at radius 1 is 0.933 bits per heavy atom. The second-order valence-corrected chi connectivity index (χ2v) is 8.28. The fraction of sp³-hybridized carbons (Fsp3) is 0.417. The van der Waals surface area contributed by atoms with E-state index < -0.39 is 11.8 Å². The average molecular weight is 410 g/mol. The van der Waals surface area contributed by atoms with Gasteiger partial charge in [0.2, 0.25) is 0 Å². The molecule has 1 fully saturated rings. The molecule has 1 aliphatic rings. The molecule has 6 heteroatoms. The van der Waals surface area contributed by atoms with Crippen LogP contribution in [-0.2, 0) is 16.1 Å². The lowest BCUT2D eigenvalue weighted by Gasteiger charge is -2.25. The molecule has 3 rings (SSSR count). The number of rotatable bonds is 7. The summed E-state index contributed by atoms with van der Waals surface area (Å²) in [5.41, 5.74) is 4.48. The molecule has 2 aromatic carbocycles. The maximum absolute atomic E-state index is 12.4. The molecule has 6 nitrogen and oxygen atoms in total. The summed E-state index contributed by atoms with van der Waals surface area (Å²) in [6.45, 7) is 5.00. The maximum atomic E-state index is 12.4. The first kappa shape index (κ1) is 21.8. The van der Waals surface area contributed by atoms with Crippen molar-refractivity contribution in [1.29, 1.82) is 0 Å². The molecule has 1 atom stereocenters. The predicted octanol–water partition coefficient (Wildman–Crippen LogP) is 1.21. The highest BCUT2D eigenvalue weighted by molar-refractivity contribution is 6.35. The zero-order chi connectivity index (χ0) is 21.5. The van der Waals surface area contributed by atoms with Crippen LogP contribution in [0.4, 0.5) is 5.69 Å². The third-order valence-electron chi connectivity index (χ3n) is 5.80. The van der Waals surface area contributed by atoms with Crippen molar-refractivity contribution in [2.24, 2.45) is 0 Å². The summed E-state index contributed by atoms with van der Waals surface area (Å²) in [6, 6.07) is 16.5. The summed E-state index contributed by atoms with van der Waals surface area (Å²) in [7, 11) is 4.04. The summed E-state index contributed by atoms with van der Waals surface area (Å²) >= 11 is 0. The molecule has 1 saturated heterocycles. The lowest BCUT2D eigenvalue weighted by atomic mass is 10.0. The minimum Gasteiger partial charge on any atom is -0.378 e. The van der Waals surface area contributed by atoms with Gasteiger partial charge in [-0.2, -0.15) is 0 Å². The smallest absolute Gasteiger partial charge is 0.309 e. The van der Waals surface area contributed by atoms with Crippen molar-refractivity contribution in [2.75, 3.05) is 38.6 Å². The van der Waals surface area contributed by atoms with Crippen molar-refractivity contribution < 1.29 is 14.5 Å². The van der Waals surface area contributed by atoms with Crippen LogP contribution in [0.1, 0.15) is 35.6 Å². The van der Waals surface area contributed by atoms with Crippen LogP contribution in [0, 0.1) is 6.92 Å². The lowest BCUT2D eigenvalue weighted by Crippen LogP contribution is -3.11. The van der Waals surface area contributed by atoms with Crippen LogP contribution in [0.2, 0.25) is 0 Å². The molecule has 3 N–H and O–H groups in total. The largest absolute Gasteiger partial charge is 0.378 e. The number of benzene rings is 2. The maximum Gasteiger partial charge on any atom is 0.309 e. The van der Waals surface area contributed by atoms with Crippen LogP contribution in [0.25, 0.3) is 0 Å². The van der Waals surface area contributed by atoms with Crippen LogP contribution in [-0.4, -0.2) is 45.5 Å². The standard InChI is InChI=1S/C24H32N4O2/c1-18-6-8-19(9-7-18)16-25-23(29)24(30)26-17-22(28-14-4-5-15-28)20-10-12-21(13-11-20)27(2)3/h6-13,22H,4-5,14-17H2,1-3H3,(H,25,29)(H,26,30)/p+1/t22-/m1/s1. The van der Waals surface area contributed by atoms with E-state index in [2.05, 4.69) is 39.8 Å². The molecule has 0 saturated carbocycles. The number of quaternary nitrogens is 1. The van der Waals surface area contributed by atoms with Gasteiger partial charge in [-0.1, -0.05) is 42.0 Å². The monoisotopic (exact) mass is 409 g/mol. The summed E-state index contributed by atoms with van der Waals surface area (Å²) < 4.78 is 0. The highest BCUT2D eigenvalue weighted by Crippen LogP contribution is 2.17. The highest BCUT2D eigenvalue weighted by atomic mass is 16.2. The van der Waals surface area contributed by atoms with Gasteiger partial charge in [0.05, 0.1) is 19.6 Å². The molecular formula is C24H33N4O2+. The second-order valence-electron chi connectivity index (χ2n) is 8.28. The van der Waals surface area contributed by atoms with Crippen molar-refractivity contribution in [3.8, 4) is 0 Å². The zero-order valence-corrected chi connectivity index (χ0v) is 18.2. The number of nitrogens with zero attached hydrogens (tertiary/aromatic N) is 1. The number of anilines is 1. The van der Waals surface area contributed by atoms with Gasteiger partial charge in [0.25, 0.3) is 0 Å². The first-order chi connectivity index (χ1) is 14.4. The van der Waals surface area contributed by atoms with Crippen molar-refractivity contribution in [1.82, 2.24) is 10.6 Å². The molecule has 0 aromatic heterocycles. The number of hydrogen-bond donors (Lipinski definition) is 3. The van der Waals surface area contributed by atoms with Crippen LogP contribution in [0.3, 0.4) is 0 Å². The first-order valence-corrected chi connectivity index (χ1v) is 10.7. The van der Waals surface area contributed by atoms with E-state index in [4.69, 9.17) is 0 Å². The fourth-order valence-electron chi connectivity index (χ4n) is 3.92. The van der Waals surface area contributed by atoms with Gasteiger partial charge in [-0.05, 0) is 24.6 Å². The second kappa shape index (κ2) is 10.3. The number of hydrogen-bond acceptors (Lipinski definition) is 3. The van der Waals surface area contributed by atoms with E-state index >= 15 is 0 Å². The van der Waals surface area contributed by atoms with Crippen molar-refractivity contribution in [3.05, 3.63) is 65.2 Å². The normalized spacial score (nSPS) is 14.9. The number of amides is 2. The number of carbonyl (C=O) groups excluding carboxylic acids is 2. The van der Waals surface area contributed by atoms with E-state index in [1.807, 2.05) is 45.3 Å². The number of aryl methyl sites for hydroxylation is 1. The molecule has 1 aliphatic heterocycles. The Balaban J connectivity index is 1.58. The summed E-state index contributed by atoms with van der Waals surface area (Å²) in [4.78, 5) is 28.1. The Kier molecular flexibility index (Phi) is 7.46. The Morgan fingerprint density at radius 3 is 2.13 bits per heavy atom. The lowest BCUT2D eigenvalue weighted by molar-refractivity contribution is -0.918. The molecule has 160 valence electrons. The van der Waals surface area contributed by atoms with Gasteiger partial charge in [-0.15, -0.1) is 0 Å². The van der Waals surface area contributed by atoms with Crippen molar-refractivity contribution >= 4 is 17.5 Å². The van der Waals surface area contributed by atoms with Crippen LogP contribution >= 0.6 is 0 Å². The van der Waals surface area contributed by atoms with Gasteiger partial charge < -0.3 is 20.4 Å². The zero-order valence-electron chi connectivity index (χ0n) is 18.2. The van der Waals surface area contributed by atoms with E-state index in [9.17, 15) is 9.59 Å². The Bertz CT molecular complexity index is 841. The highest BCUT2D eigenvalue weighted by Gasteiger charge is 2.28. The molecule has 0 spiro atoms. The average Bonchev–Trinajstić information content (AvgIpc) is 3.28. The third kappa shape index (κ3) is 5.83. The molecule has 0 radical (unpaired) electrons. The van der Waals surface area contributed by atoms with Crippen LogP contribution < -0.4 is 20.4 Å². The summed E-state index contributed by atoms with van der Waals surface area (Å²) in [6.07, 6.45) is 2.40. The number of nitrogens with one attached hydrogen (secondary N) is 3. The van der Waals surface area contributed by atoms with Crippen LogP contribution in [0.15, 0.2) is 48.5 Å². The van der Waals surface area contributed by atoms with Gasteiger partial charge in [-0.25, -0.2) is 0 Å². The number of carbonyl (C=O) groups is 2. The molecule has 0 aliphatic carbocycles. The van der Waals surface area contributed by atoms with E-state index in [-0.39, 0.29) is 6.04 Å². The van der Waals surface area contributed by atoms with Crippen LogP contribution in [0.5, 0.6) is 0 Å². The quantitative estimate of drug-likeness (QED) is 0.603. The van der Waals surface area contributed by atoms with E-state index in [1.54, 1.807) is 0 Å². The van der Waals surface area contributed by atoms with Gasteiger partial charge in [0.1, 0.15) is 6.04 Å². The van der Waals surface area contributed by atoms with Gasteiger partial charge in [-0.3, -0.25) is 9.59 Å². The fourth-order valence-corrected chi connectivity index (χ4v) is 3.92. The Labute approximate surface area is 179 Å². The molecule has 30 heavy (non-hydrogen) atoms. The van der Waals surface area contributed by atoms with E-state index in [0.717, 1.165) is 29.9 Å². The number of likely N-dealkylation sites (tertiary alicyclic amines) is 1. The Hall–Kier alpha value is -2.86. The molecule has 2 aromatic rings. The van der Waals surface area contributed by atoms with Crippen molar-refractivity contribution in [3.63, 3.8) is 0 Å².